The van der Waals surface area contributed by atoms with Gasteiger partial charge in [-0.1, -0.05) is 135 Å². The van der Waals surface area contributed by atoms with Gasteiger partial charge in [0.05, 0.1) is 0 Å². The van der Waals surface area contributed by atoms with Crippen molar-refractivity contribution >= 4 is 48.6 Å². The predicted octanol–water partition coefficient (Wildman–Crippen LogP) is 13.2. The summed E-state index contributed by atoms with van der Waals surface area (Å²) < 4.78 is 2.62. The van der Waals surface area contributed by atoms with Crippen LogP contribution in [-0.4, -0.2) is 0 Å². The molecule has 1 aliphatic rings. The van der Waals surface area contributed by atoms with Gasteiger partial charge in [-0.15, -0.1) is 11.3 Å². The molecular formula is C45H33NS. The maximum atomic E-state index is 2.41. The van der Waals surface area contributed by atoms with Crippen LogP contribution in [0.4, 0.5) is 17.1 Å². The van der Waals surface area contributed by atoms with Gasteiger partial charge in [0.15, 0.2) is 0 Å². The van der Waals surface area contributed by atoms with Crippen molar-refractivity contribution in [2.75, 3.05) is 4.90 Å². The third-order valence-corrected chi connectivity index (χ3v) is 11.0. The summed E-state index contributed by atoms with van der Waals surface area (Å²) in [5.41, 5.74) is 13.8. The summed E-state index contributed by atoms with van der Waals surface area (Å²) in [6.45, 7) is 4.70. The molecule has 0 bridgehead atoms. The molecule has 0 amide bonds. The Hall–Kier alpha value is -5.44. The fourth-order valence-electron chi connectivity index (χ4n) is 7.54. The molecule has 0 N–H and O–H groups in total. The Bertz CT molecular complexity index is 2430. The molecule has 1 aliphatic carbocycles. The van der Waals surface area contributed by atoms with Crippen LogP contribution in [0.5, 0.6) is 0 Å². The van der Waals surface area contributed by atoms with Gasteiger partial charge in [-0.2, -0.15) is 0 Å². The van der Waals surface area contributed by atoms with E-state index in [1.165, 1.54) is 64.7 Å². The SMILES string of the molecule is CC1(C)c2ccccc2-c2c(-c3cccc(N(c4ccc(-c5ccccc5)cc4)c4ccc5c(c4)sc4ccccc45)c3)cccc21. The van der Waals surface area contributed by atoms with E-state index in [-0.39, 0.29) is 5.41 Å². The summed E-state index contributed by atoms with van der Waals surface area (Å²) in [5.74, 6) is 0. The number of nitrogens with zero attached hydrogens (tertiary/aromatic N) is 1. The van der Waals surface area contributed by atoms with E-state index in [0.717, 1.165) is 17.1 Å². The first-order valence-corrected chi connectivity index (χ1v) is 17.1. The maximum Gasteiger partial charge on any atom is 0.0476 e. The van der Waals surface area contributed by atoms with Crippen LogP contribution in [0.25, 0.3) is 53.6 Å². The van der Waals surface area contributed by atoms with Crippen LogP contribution in [0, 0.1) is 0 Å². The summed E-state index contributed by atoms with van der Waals surface area (Å²) in [5, 5.41) is 2.63. The van der Waals surface area contributed by atoms with Crippen molar-refractivity contribution in [2.45, 2.75) is 19.3 Å². The van der Waals surface area contributed by atoms with E-state index in [9.17, 15) is 0 Å². The number of benzene rings is 7. The van der Waals surface area contributed by atoms with E-state index < -0.39 is 0 Å². The number of hydrogen-bond acceptors (Lipinski definition) is 2. The van der Waals surface area contributed by atoms with Crippen LogP contribution in [0.1, 0.15) is 25.0 Å². The third kappa shape index (κ3) is 4.52. The molecule has 47 heavy (non-hydrogen) atoms. The number of fused-ring (bicyclic) bond motifs is 6. The van der Waals surface area contributed by atoms with Crippen LogP contribution in [-0.2, 0) is 5.41 Å². The molecule has 1 heterocycles. The van der Waals surface area contributed by atoms with Crippen LogP contribution >= 0.6 is 11.3 Å². The monoisotopic (exact) mass is 619 g/mol. The lowest BCUT2D eigenvalue weighted by molar-refractivity contribution is 0.660. The van der Waals surface area contributed by atoms with Gasteiger partial charge in [0.25, 0.3) is 0 Å². The highest BCUT2D eigenvalue weighted by Gasteiger charge is 2.36. The first kappa shape index (κ1) is 27.8. The number of rotatable bonds is 5. The smallest absolute Gasteiger partial charge is 0.0476 e. The molecule has 0 atom stereocenters. The number of hydrogen-bond donors (Lipinski definition) is 0. The summed E-state index contributed by atoms with van der Waals surface area (Å²) in [7, 11) is 0. The molecule has 0 fully saturated rings. The van der Waals surface area contributed by atoms with Crippen LogP contribution in [0.15, 0.2) is 164 Å². The van der Waals surface area contributed by atoms with Crippen molar-refractivity contribution in [3.63, 3.8) is 0 Å². The summed E-state index contributed by atoms with van der Waals surface area (Å²) >= 11 is 1.86. The summed E-state index contributed by atoms with van der Waals surface area (Å²) in [6.07, 6.45) is 0. The van der Waals surface area contributed by atoms with Crippen molar-refractivity contribution in [3.05, 3.63) is 175 Å². The Morgan fingerprint density at radius 3 is 1.91 bits per heavy atom. The minimum absolute atomic E-state index is 0.0360. The second-order valence-corrected chi connectivity index (χ2v) is 14.1. The third-order valence-electron chi connectivity index (χ3n) is 9.88. The largest absolute Gasteiger partial charge is 0.310 e. The summed E-state index contributed by atoms with van der Waals surface area (Å²) in [6, 6.07) is 60.1. The molecule has 0 spiro atoms. The second-order valence-electron chi connectivity index (χ2n) is 13.0. The molecular weight excluding hydrogens is 587 g/mol. The molecule has 0 radical (unpaired) electrons. The number of thiophene rings is 1. The average molecular weight is 620 g/mol. The lowest BCUT2D eigenvalue weighted by Gasteiger charge is -2.26. The highest BCUT2D eigenvalue weighted by Crippen LogP contribution is 2.52. The van der Waals surface area contributed by atoms with Gasteiger partial charge in [-0.25, -0.2) is 0 Å². The van der Waals surface area contributed by atoms with Gasteiger partial charge in [0.2, 0.25) is 0 Å². The van der Waals surface area contributed by atoms with E-state index in [4.69, 9.17) is 0 Å². The Labute approximate surface area is 280 Å². The first-order valence-electron chi connectivity index (χ1n) is 16.3. The minimum atomic E-state index is -0.0360. The topological polar surface area (TPSA) is 3.24 Å². The van der Waals surface area contributed by atoms with Crippen LogP contribution in [0.3, 0.4) is 0 Å². The van der Waals surface area contributed by atoms with Crippen molar-refractivity contribution < 1.29 is 0 Å². The molecule has 1 aromatic heterocycles. The number of anilines is 3. The predicted molar refractivity (Wildman–Crippen MR) is 202 cm³/mol. The van der Waals surface area contributed by atoms with E-state index >= 15 is 0 Å². The van der Waals surface area contributed by atoms with Gasteiger partial charge in [0.1, 0.15) is 0 Å². The standard InChI is InChI=1S/C45H33NS/c1-45(2)40-19-8-6-17-39(40)44-36(18-11-20-41(44)45)32-14-10-15-34(28-32)46(33-24-22-31(23-25-33)30-12-4-3-5-13-30)35-26-27-38-37-16-7-9-21-42(37)47-43(38)29-35/h3-29H,1-2H3. The zero-order chi connectivity index (χ0) is 31.5. The molecule has 0 saturated carbocycles. The highest BCUT2D eigenvalue weighted by molar-refractivity contribution is 7.25. The molecule has 2 heteroatoms. The highest BCUT2D eigenvalue weighted by atomic mass is 32.1. The zero-order valence-corrected chi connectivity index (χ0v) is 27.3. The molecule has 8 aromatic rings. The lowest BCUT2D eigenvalue weighted by Crippen LogP contribution is -2.14. The summed E-state index contributed by atoms with van der Waals surface area (Å²) in [4.78, 5) is 2.41. The minimum Gasteiger partial charge on any atom is -0.310 e. The van der Waals surface area contributed by atoms with Gasteiger partial charge in [-0.3, -0.25) is 0 Å². The van der Waals surface area contributed by atoms with Gasteiger partial charge < -0.3 is 4.90 Å². The molecule has 0 aliphatic heterocycles. The fraction of sp³-hybridized carbons (Fsp3) is 0.0667. The lowest BCUT2D eigenvalue weighted by atomic mass is 9.82. The van der Waals surface area contributed by atoms with Gasteiger partial charge >= 0.3 is 0 Å². The van der Waals surface area contributed by atoms with Crippen molar-refractivity contribution in [1.29, 1.82) is 0 Å². The fourth-order valence-corrected chi connectivity index (χ4v) is 8.68. The molecule has 0 unspecified atom stereocenters. The average Bonchev–Trinajstić information content (AvgIpc) is 3.61. The Morgan fingerprint density at radius 2 is 1.04 bits per heavy atom. The maximum absolute atomic E-state index is 2.41. The quantitative estimate of drug-likeness (QED) is 0.185. The van der Waals surface area contributed by atoms with Gasteiger partial charge in [-0.05, 0) is 87.0 Å². The van der Waals surface area contributed by atoms with Crippen molar-refractivity contribution in [3.8, 4) is 33.4 Å². The Morgan fingerprint density at radius 1 is 0.426 bits per heavy atom. The molecule has 0 saturated heterocycles. The second kappa shape index (κ2) is 10.8. The Balaban J connectivity index is 1.21. The Kier molecular flexibility index (Phi) is 6.41. The van der Waals surface area contributed by atoms with Crippen molar-refractivity contribution in [1.82, 2.24) is 0 Å². The molecule has 224 valence electrons. The van der Waals surface area contributed by atoms with Crippen molar-refractivity contribution in [2.24, 2.45) is 0 Å². The first-order chi connectivity index (χ1) is 23.1. The molecule has 1 nitrogen and oxygen atoms in total. The van der Waals surface area contributed by atoms with E-state index in [2.05, 4.69) is 183 Å². The molecule has 9 rings (SSSR count). The van der Waals surface area contributed by atoms with Crippen LogP contribution < -0.4 is 4.90 Å². The molecule has 7 aromatic carbocycles. The van der Waals surface area contributed by atoms with E-state index in [1.54, 1.807) is 0 Å². The van der Waals surface area contributed by atoms with Gasteiger partial charge in [0, 0.05) is 42.6 Å². The van der Waals surface area contributed by atoms with E-state index in [0.29, 0.717) is 0 Å². The van der Waals surface area contributed by atoms with E-state index in [1.807, 2.05) is 11.3 Å². The van der Waals surface area contributed by atoms with Crippen LogP contribution in [0.2, 0.25) is 0 Å². The normalized spacial score (nSPS) is 13.1. The zero-order valence-electron chi connectivity index (χ0n) is 26.4.